The van der Waals surface area contributed by atoms with E-state index in [4.69, 9.17) is 9.47 Å². The number of nitrogens with one attached hydrogen (secondary N) is 1. The molecule has 0 aliphatic heterocycles. The van der Waals surface area contributed by atoms with Gasteiger partial charge in [-0.15, -0.1) is 0 Å². The highest BCUT2D eigenvalue weighted by atomic mass is 19.3. The fourth-order valence-electron chi connectivity index (χ4n) is 4.53. The molecule has 0 radical (unpaired) electrons. The van der Waals surface area contributed by atoms with Gasteiger partial charge in [-0.2, -0.15) is 8.78 Å². The van der Waals surface area contributed by atoms with Gasteiger partial charge in [-0.05, 0) is 49.2 Å². The first-order chi connectivity index (χ1) is 21.4. The van der Waals surface area contributed by atoms with Crippen LogP contribution < -0.4 is 25.2 Å². The molecular formula is C31H37F4N3O7. The Bertz CT molecular complexity index is 1450. The lowest BCUT2D eigenvalue weighted by molar-refractivity contribution is -0.107. The molecule has 0 fully saturated rings. The molecule has 246 valence electrons. The number of alkyl halides is 2. The topological polar surface area (TPSA) is 119 Å². The highest BCUT2D eigenvalue weighted by Crippen LogP contribution is 2.31. The maximum Gasteiger partial charge on any atom is 0.387 e. The molecule has 2 N–H and O–H groups in total. The van der Waals surface area contributed by atoms with E-state index in [1.807, 2.05) is 0 Å². The third-order valence-electron chi connectivity index (χ3n) is 6.85. The van der Waals surface area contributed by atoms with E-state index in [9.17, 15) is 37.1 Å². The van der Waals surface area contributed by atoms with Gasteiger partial charge in [-0.25, -0.2) is 8.78 Å². The smallest absolute Gasteiger partial charge is 0.387 e. The minimum atomic E-state index is -2.85. The minimum absolute atomic E-state index is 0.0349. The number of amides is 2. The molecule has 14 heteroatoms. The van der Waals surface area contributed by atoms with Gasteiger partial charge in [0.15, 0.2) is 0 Å². The number of hydrogen-bond acceptors (Lipinski definition) is 7. The van der Waals surface area contributed by atoms with Gasteiger partial charge in [0, 0.05) is 56.1 Å². The van der Waals surface area contributed by atoms with Crippen molar-refractivity contribution in [1.82, 2.24) is 9.88 Å². The maximum atomic E-state index is 14.6. The highest BCUT2D eigenvalue weighted by Gasteiger charge is 2.26. The van der Waals surface area contributed by atoms with Gasteiger partial charge in [0.25, 0.3) is 11.5 Å². The van der Waals surface area contributed by atoms with Crippen molar-refractivity contribution in [2.24, 2.45) is 0 Å². The number of methoxy groups -OCH3 is 2. The number of aromatic nitrogens is 1. The maximum absolute atomic E-state index is 14.6. The van der Waals surface area contributed by atoms with Crippen LogP contribution in [0, 0.1) is 18.6 Å². The van der Waals surface area contributed by atoms with Crippen LogP contribution >= 0.6 is 0 Å². The van der Waals surface area contributed by atoms with E-state index in [1.165, 1.54) is 56.3 Å². The summed E-state index contributed by atoms with van der Waals surface area (Å²) in [6.45, 7) is 0.219. The zero-order chi connectivity index (χ0) is 33.7. The van der Waals surface area contributed by atoms with Gasteiger partial charge in [-0.3, -0.25) is 14.4 Å². The van der Waals surface area contributed by atoms with E-state index in [-0.39, 0.29) is 48.4 Å². The Labute approximate surface area is 258 Å². The Hall–Kier alpha value is -4.43. The highest BCUT2D eigenvalue weighted by molar-refractivity contribution is 5.94. The van der Waals surface area contributed by atoms with Crippen LogP contribution in [-0.2, 0) is 9.53 Å². The molecule has 0 bridgehead atoms. The summed E-state index contributed by atoms with van der Waals surface area (Å²) < 4.78 is 68.1. The summed E-state index contributed by atoms with van der Waals surface area (Å²) in [5.74, 6) is -2.44. The molecule has 3 rings (SSSR count). The van der Waals surface area contributed by atoms with Crippen molar-refractivity contribution in [1.29, 1.82) is 0 Å². The lowest BCUT2D eigenvalue weighted by Gasteiger charge is -2.27. The van der Waals surface area contributed by atoms with Crippen molar-refractivity contribution in [3.8, 4) is 11.5 Å². The van der Waals surface area contributed by atoms with Crippen LogP contribution in [0.25, 0.3) is 0 Å². The Morgan fingerprint density at radius 2 is 1.71 bits per heavy atom. The summed E-state index contributed by atoms with van der Waals surface area (Å²) >= 11 is 0. The molecule has 0 spiro atoms. The van der Waals surface area contributed by atoms with Gasteiger partial charge in [0.2, 0.25) is 6.41 Å². The van der Waals surface area contributed by atoms with Crippen LogP contribution in [0.15, 0.2) is 53.5 Å². The molecule has 0 aliphatic rings. The van der Waals surface area contributed by atoms with Gasteiger partial charge in [-0.1, -0.05) is 6.92 Å². The number of carbonyl (C=O) groups is 2. The second kappa shape index (κ2) is 17.8. The third-order valence-corrected chi connectivity index (χ3v) is 6.85. The second-order valence-electron chi connectivity index (χ2n) is 9.70. The first-order valence-electron chi connectivity index (χ1n) is 13.8. The van der Waals surface area contributed by atoms with Crippen LogP contribution in [0.4, 0.5) is 23.2 Å². The van der Waals surface area contributed by atoms with Gasteiger partial charge in [0.1, 0.15) is 28.8 Å². The fourth-order valence-corrected chi connectivity index (χ4v) is 4.53. The molecular weight excluding hydrogens is 602 g/mol. The predicted molar refractivity (Wildman–Crippen MR) is 159 cm³/mol. The molecule has 0 saturated heterocycles. The number of nitrogens with zero attached hydrogens (tertiary/aromatic N) is 2. The Morgan fingerprint density at radius 3 is 2.18 bits per heavy atom. The Kier molecular flexibility index (Phi) is 14.5. The van der Waals surface area contributed by atoms with Crippen LogP contribution in [0.1, 0.15) is 46.8 Å². The van der Waals surface area contributed by atoms with Crippen LogP contribution in [0.3, 0.4) is 0 Å². The summed E-state index contributed by atoms with van der Waals surface area (Å²) in [6, 6.07) is 8.64. The third kappa shape index (κ3) is 9.78. The lowest BCUT2D eigenvalue weighted by Crippen LogP contribution is -2.37. The first kappa shape index (κ1) is 36.8. The number of aliphatic hydroxyl groups excluding tert-OH is 1. The summed E-state index contributed by atoms with van der Waals surface area (Å²) in [6.07, 6.45) is 2.32. The van der Waals surface area contributed by atoms with E-state index in [1.54, 1.807) is 19.9 Å². The average molecular weight is 640 g/mol. The molecule has 0 saturated carbocycles. The van der Waals surface area contributed by atoms with Crippen molar-refractivity contribution in [2.75, 3.05) is 45.9 Å². The number of halogens is 4. The van der Waals surface area contributed by atoms with E-state index in [2.05, 4.69) is 10.1 Å². The van der Waals surface area contributed by atoms with E-state index in [0.29, 0.717) is 24.0 Å². The molecule has 0 aliphatic carbocycles. The van der Waals surface area contributed by atoms with Crippen molar-refractivity contribution >= 4 is 18.0 Å². The number of aryl methyl sites for hydroxylation is 1. The summed E-state index contributed by atoms with van der Waals surface area (Å²) in [5, 5.41) is 12.0. The summed E-state index contributed by atoms with van der Waals surface area (Å²) in [7, 11) is 4.25. The van der Waals surface area contributed by atoms with Crippen LogP contribution in [0.5, 0.6) is 11.5 Å². The van der Waals surface area contributed by atoms with E-state index < -0.39 is 35.8 Å². The van der Waals surface area contributed by atoms with Crippen LogP contribution in [0.2, 0.25) is 0 Å². The second-order valence-corrected chi connectivity index (χ2v) is 9.70. The van der Waals surface area contributed by atoms with Crippen molar-refractivity contribution < 1.29 is 46.5 Å². The number of ether oxygens (including phenoxy) is 3. The number of pyridine rings is 1. The zero-order valence-corrected chi connectivity index (χ0v) is 25.6. The van der Waals surface area contributed by atoms with Gasteiger partial charge in [0.05, 0.1) is 26.4 Å². The molecule has 2 aromatic carbocycles. The molecule has 10 nitrogen and oxygen atoms in total. The molecule has 1 aromatic heterocycles. The largest absolute Gasteiger partial charge is 0.497 e. The number of benzene rings is 2. The molecule has 2 atom stereocenters. The van der Waals surface area contributed by atoms with E-state index in [0.717, 1.165) is 17.0 Å². The zero-order valence-electron chi connectivity index (χ0n) is 25.6. The molecule has 2 amide bonds. The quantitative estimate of drug-likeness (QED) is 0.198. The van der Waals surface area contributed by atoms with Crippen molar-refractivity contribution in [3.63, 3.8) is 0 Å². The normalized spacial score (nSPS) is 12.1. The number of hydrogen-bond donors (Lipinski definition) is 2. The van der Waals surface area contributed by atoms with Crippen molar-refractivity contribution in [2.45, 2.75) is 38.8 Å². The molecule has 1 heterocycles. The van der Waals surface area contributed by atoms with E-state index >= 15 is 0 Å². The Balaban J connectivity index is 0.000000420. The molecule has 2 unspecified atom stereocenters. The standard InChI is InChI=1S/C22H28F2N2O5.C9H9F2NO2/c1-5-15(20-18(23)8-17(31-4)9-19(20)24)10-25(13-28)21-14(2)6-7-26(22(21)29)16(11-27)12-30-3;1-12-8(13)6-2-4-7(5-3-6)14-9(10)11/h6-9,13,15-16,27H,5,10-12H2,1-4H3;2-5,9H,1H3,(H,12,13). The fraction of sp³-hybridized carbons (Fsp3) is 0.387. The van der Waals surface area contributed by atoms with Crippen molar-refractivity contribution in [3.05, 3.63) is 87.3 Å². The first-order valence-corrected chi connectivity index (χ1v) is 13.8. The minimum Gasteiger partial charge on any atom is -0.497 e. The SMILES string of the molecule is CCC(CN(C=O)c1c(C)ccn(C(CO)COC)c1=O)c1c(F)cc(OC)cc1F.CNC(=O)c1ccc(OC(F)F)cc1. The number of anilines is 1. The number of carbonyl (C=O) groups excluding carboxylic acids is 2. The summed E-state index contributed by atoms with van der Waals surface area (Å²) in [4.78, 5) is 37.3. The monoisotopic (exact) mass is 639 g/mol. The summed E-state index contributed by atoms with van der Waals surface area (Å²) in [5.41, 5.74) is 0.326. The number of aliphatic hydroxyl groups is 1. The molecule has 3 aromatic rings. The molecule has 45 heavy (non-hydrogen) atoms. The lowest BCUT2D eigenvalue weighted by atomic mass is 9.94. The van der Waals surface area contributed by atoms with Gasteiger partial charge < -0.3 is 34.1 Å². The Morgan fingerprint density at radius 1 is 1.09 bits per heavy atom. The predicted octanol–water partition coefficient (Wildman–Crippen LogP) is 4.43. The average Bonchev–Trinajstić information content (AvgIpc) is 3.02. The van der Waals surface area contributed by atoms with Gasteiger partial charge >= 0.3 is 6.61 Å². The number of rotatable bonds is 14. The van der Waals surface area contributed by atoms with Crippen LogP contribution in [-0.4, -0.2) is 69.6 Å².